The van der Waals surface area contributed by atoms with Crippen molar-refractivity contribution >= 4 is 11.8 Å². The van der Waals surface area contributed by atoms with Gasteiger partial charge in [-0.15, -0.1) is 0 Å². The SMILES string of the molecule is CCCNC(=O)[C@@H]1[C@@H]2CC[C@@H](C2)[C@H]1C(=O)NCCC. The minimum absolute atomic E-state index is 0.0813. The van der Waals surface area contributed by atoms with Crippen LogP contribution in [-0.2, 0) is 9.59 Å². The predicted octanol–water partition coefficient (Wildman–Crippen LogP) is 1.70. The van der Waals surface area contributed by atoms with Crippen molar-refractivity contribution in [3.05, 3.63) is 0 Å². The number of amides is 2. The molecular formula is C15H26N2O2. The van der Waals surface area contributed by atoms with Crippen molar-refractivity contribution in [2.45, 2.75) is 46.0 Å². The third-order valence-corrected chi connectivity index (χ3v) is 4.62. The van der Waals surface area contributed by atoms with E-state index < -0.39 is 0 Å². The summed E-state index contributed by atoms with van der Waals surface area (Å²) in [5, 5.41) is 5.96. The highest BCUT2D eigenvalue weighted by Gasteiger charge is 2.53. The van der Waals surface area contributed by atoms with E-state index in [4.69, 9.17) is 0 Å². The van der Waals surface area contributed by atoms with Crippen molar-refractivity contribution in [2.24, 2.45) is 23.7 Å². The van der Waals surface area contributed by atoms with Crippen LogP contribution in [-0.4, -0.2) is 24.9 Å². The molecule has 0 aliphatic heterocycles. The Hall–Kier alpha value is -1.06. The van der Waals surface area contributed by atoms with Crippen molar-refractivity contribution in [1.82, 2.24) is 10.6 Å². The van der Waals surface area contributed by atoms with Crippen molar-refractivity contribution in [1.29, 1.82) is 0 Å². The average Bonchev–Trinajstić information content (AvgIpc) is 3.02. The molecule has 4 nitrogen and oxygen atoms in total. The van der Waals surface area contributed by atoms with Gasteiger partial charge in [-0.3, -0.25) is 9.59 Å². The van der Waals surface area contributed by atoms with E-state index in [9.17, 15) is 9.59 Å². The second-order valence-corrected chi connectivity index (χ2v) is 5.97. The summed E-state index contributed by atoms with van der Waals surface area (Å²) in [5.74, 6) is 0.902. The first-order valence-electron chi connectivity index (χ1n) is 7.74. The Balaban J connectivity index is 2.02. The van der Waals surface area contributed by atoms with Crippen molar-refractivity contribution in [3.63, 3.8) is 0 Å². The maximum absolute atomic E-state index is 12.3. The highest BCUT2D eigenvalue weighted by Crippen LogP contribution is 2.52. The summed E-state index contributed by atoms with van der Waals surface area (Å²) in [6.45, 7) is 5.53. The summed E-state index contributed by atoms with van der Waals surface area (Å²) < 4.78 is 0. The Bertz CT molecular complexity index is 311. The zero-order chi connectivity index (χ0) is 13.8. The molecule has 0 spiro atoms. The van der Waals surface area contributed by atoms with Gasteiger partial charge in [0.1, 0.15) is 0 Å². The molecule has 0 aromatic heterocycles. The lowest BCUT2D eigenvalue weighted by molar-refractivity contribution is -0.137. The molecule has 0 aromatic carbocycles. The molecule has 0 radical (unpaired) electrons. The minimum atomic E-state index is -0.0813. The third-order valence-electron chi connectivity index (χ3n) is 4.62. The normalized spacial score (nSPS) is 32.3. The van der Waals surface area contributed by atoms with E-state index in [1.807, 2.05) is 13.8 Å². The van der Waals surface area contributed by atoms with Gasteiger partial charge in [0, 0.05) is 13.1 Å². The quantitative estimate of drug-likeness (QED) is 0.769. The largest absolute Gasteiger partial charge is 0.356 e. The molecule has 4 heteroatoms. The second-order valence-electron chi connectivity index (χ2n) is 5.97. The highest BCUT2D eigenvalue weighted by atomic mass is 16.2. The first-order chi connectivity index (χ1) is 9.19. The van der Waals surface area contributed by atoms with Crippen LogP contribution in [0.1, 0.15) is 46.0 Å². The number of carbonyl (C=O) groups excluding carboxylic acids is 2. The molecule has 2 N–H and O–H groups in total. The van der Waals surface area contributed by atoms with Crippen molar-refractivity contribution in [2.75, 3.05) is 13.1 Å². The zero-order valence-electron chi connectivity index (χ0n) is 12.1. The van der Waals surface area contributed by atoms with E-state index in [-0.39, 0.29) is 23.7 Å². The molecule has 2 saturated carbocycles. The molecule has 0 unspecified atom stereocenters. The van der Waals surface area contributed by atoms with Gasteiger partial charge in [-0.05, 0) is 43.9 Å². The number of hydrogen-bond donors (Lipinski definition) is 2. The first-order valence-corrected chi connectivity index (χ1v) is 7.74. The molecule has 2 fully saturated rings. The van der Waals surface area contributed by atoms with E-state index in [0.717, 1.165) is 45.2 Å². The molecule has 0 saturated heterocycles. The van der Waals surface area contributed by atoms with E-state index in [2.05, 4.69) is 10.6 Å². The molecule has 4 atom stereocenters. The summed E-state index contributed by atoms with van der Waals surface area (Å²) in [6.07, 6.45) is 5.19. The van der Waals surface area contributed by atoms with Crippen LogP contribution < -0.4 is 10.6 Å². The van der Waals surface area contributed by atoms with Crippen LogP contribution >= 0.6 is 0 Å². The molecular weight excluding hydrogens is 240 g/mol. The smallest absolute Gasteiger partial charge is 0.224 e. The summed E-state index contributed by atoms with van der Waals surface area (Å²) >= 11 is 0. The number of hydrogen-bond acceptors (Lipinski definition) is 2. The monoisotopic (exact) mass is 266 g/mol. The lowest BCUT2D eigenvalue weighted by Crippen LogP contribution is -2.45. The van der Waals surface area contributed by atoms with Gasteiger partial charge < -0.3 is 10.6 Å². The maximum atomic E-state index is 12.3. The summed E-state index contributed by atoms with van der Waals surface area (Å²) in [5.41, 5.74) is 0. The van der Waals surface area contributed by atoms with Gasteiger partial charge in [0.2, 0.25) is 11.8 Å². The van der Waals surface area contributed by atoms with Crippen LogP contribution in [0.3, 0.4) is 0 Å². The van der Waals surface area contributed by atoms with E-state index in [1.165, 1.54) is 0 Å². The summed E-state index contributed by atoms with van der Waals surface area (Å²) in [4.78, 5) is 24.6. The zero-order valence-corrected chi connectivity index (χ0v) is 12.1. The molecule has 2 bridgehead atoms. The van der Waals surface area contributed by atoms with Gasteiger partial charge in [-0.1, -0.05) is 13.8 Å². The maximum Gasteiger partial charge on any atom is 0.224 e. The standard InChI is InChI=1S/C15H26N2O2/c1-3-7-16-14(18)12-10-5-6-11(9-10)13(12)15(19)17-8-4-2/h10-13H,3-9H2,1-2H3,(H,16,18)(H,17,19)/t10-,11+,12-,13-/m1/s1. The van der Waals surface area contributed by atoms with Crippen LogP contribution in [0.4, 0.5) is 0 Å². The van der Waals surface area contributed by atoms with Gasteiger partial charge in [0.05, 0.1) is 11.8 Å². The number of carbonyl (C=O) groups is 2. The molecule has 0 aromatic rings. The Kier molecular flexibility index (Phi) is 4.83. The number of nitrogens with one attached hydrogen (secondary N) is 2. The molecule has 2 aliphatic carbocycles. The van der Waals surface area contributed by atoms with Crippen LogP contribution in [0.25, 0.3) is 0 Å². The third kappa shape index (κ3) is 2.93. The predicted molar refractivity (Wildman–Crippen MR) is 74.4 cm³/mol. The minimum Gasteiger partial charge on any atom is -0.356 e. The van der Waals surface area contributed by atoms with Gasteiger partial charge in [0.15, 0.2) is 0 Å². The van der Waals surface area contributed by atoms with Crippen LogP contribution in [0, 0.1) is 23.7 Å². The molecule has 108 valence electrons. The molecule has 2 rings (SSSR count). The van der Waals surface area contributed by atoms with Gasteiger partial charge in [0.25, 0.3) is 0 Å². The lowest BCUT2D eigenvalue weighted by Gasteiger charge is -2.29. The second kappa shape index (κ2) is 6.40. The van der Waals surface area contributed by atoms with Gasteiger partial charge in [-0.2, -0.15) is 0 Å². The first kappa shape index (κ1) is 14.4. The fourth-order valence-electron chi connectivity index (χ4n) is 3.78. The Morgan fingerprint density at radius 1 is 0.895 bits per heavy atom. The average molecular weight is 266 g/mol. The van der Waals surface area contributed by atoms with Gasteiger partial charge in [-0.25, -0.2) is 0 Å². The van der Waals surface area contributed by atoms with Crippen LogP contribution in [0.15, 0.2) is 0 Å². The fraction of sp³-hybridized carbons (Fsp3) is 0.867. The van der Waals surface area contributed by atoms with E-state index in [0.29, 0.717) is 11.8 Å². The summed E-state index contributed by atoms with van der Waals surface area (Å²) in [6, 6.07) is 0. The van der Waals surface area contributed by atoms with Crippen LogP contribution in [0.5, 0.6) is 0 Å². The van der Waals surface area contributed by atoms with Crippen molar-refractivity contribution < 1.29 is 9.59 Å². The van der Waals surface area contributed by atoms with Crippen LogP contribution in [0.2, 0.25) is 0 Å². The summed E-state index contributed by atoms with van der Waals surface area (Å²) in [7, 11) is 0. The molecule has 2 aliphatic rings. The van der Waals surface area contributed by atoms with E-state index in [1.54, 1.807) is 0 Å². The Morgan fingerprint density at radius 3 is 1.68 bits per heavy atom. The number of fused-ring (bicyclic) bond motifs is 2. The van der Waals surface area contributed by atoms with E-state index >= 15 is 0 Å². The lowest BCUT2D eigenvalue weighted by atomic mass is 9.78. The Morgan fingerprint density at radius 2 is 1.32 bits per heavy atom. The number of rotatable bonds is 6. The highest BCUT2D eigenvalue weighted by molar-refractivity contribution is 5.89. The molecule has 0 heterocycles. The molecule has 2 amide bonds. The van der Waals surface area contributed by atoms with Gasteiger partial charge >= 0.3 is 0 Å². The fourth-order valence-corrected chi connectivity index (χ4v) is 3.78. The topological polar surface area (TPSA) is 58.2 Å². The Labute approximate surface area is 115 Å². The van der Waals surface area contributed by atoms with Crippen molar-refractivity contribution in [3.8, 4) is 0 Å². The molecule has 19 heavy (non-hydrogen) atoms.